The Labute approximate surface area is 146 Å². The molecule has 3 rings (SSSR count). The maximum atomic E-state index is 12.3. The number of hydrogen-bond acceptors (Lipinski definition) is 5. The Bertz CT molecular complexity index is 665. The molecule has 2 aromatic rings. The summed E-state index contributed by atoms with van der Waals surface area (Å²) in [6.45, 7) is 2.95. The van der Waals surface area contributed by atoms with Crippen LogP contribution in [0, 0.1) is 5.92 Å². The standard InChI is InChI=1S/C18H23N3O2S/c1-2-3-4-5-16-20-21-18(24-16)19-17(22)14-8-10-15(11-9-14)23-12-13-6-7-13/h8-11,13H,2-7,12H2,1H3,(H,19,21,22). The number of carbonyl (C=O) groups is 1. The van der Waals surface area contributed by atoms with Gasteiger partial charge >= 0.3 is 0 Å². The number of nitrogens with zero attached hydrogens (tertiary/aromatic N) is 2. The molecule has 5 nitrogen and oxygen atoms in total. The second-order valence-electron chi connectivity index (χ2n) is 6.19. The Hall–Kier alpha value is -1.95. The lowest BCUT2D eigenvalue weighted by Gasteiger charge is -2.06. The van der Waals surface area contributed by atoms with Gasteiger partial charge in [-0.05, 0) is 49.4 Å². The van der Waals surface area contributed by atoms with Crippen molar-refractivity contribution >= 4 is 22.4 Å². The van der Waals surface area contributed by atoms with E-state index in [0.717, 1.165) is 36.1 Å². The molecule has 1 heterocycles. The fourth-order valence-corrected chi connectivity index (χ4v) is 3.08. The first-order valence-electron chi connectivity index (χ1n) is 8.61. The number of ether oxygens (including phenoxy) is 1. The Morgan fingerprint density at radius 1 is 1.25 bits per heavy atom. The summed E-state index contributed by atoms with van der Waals surface area (Å²) in [5.41, 5.74) is 0.594. The fourth-order valence-electron chi connectivity index (χ4n) is 2.30. The van der Waals surface area contributed by atoms with E-state index in [4.69, 9.17) is 4.74 Å². The summed E-state index contributed by atoms with van der Waals surface area (Å²) in [6, 6.07) is 7.24. The molecule has 0 atom stereocenters. The van der Waals surface area contributed by atoms with Crippen LogP contribution < -0.4 is 10.1 Å². The van der Waals surface area contributed by atoms with E-state index in [1.54, 1.807) is 12.1 Å². The Morgan fingerprint density at radius 2 is 2.04 bits per heavy atom. The van der Waals surface area contributed by atoms with Gasteiger partial charge in [-0.3, -0.25) is 10.1 Å². The van der Waals surface area contributed by atoms with Gasteiger partial charge in [0.2, 0.25) is 5.13 Å². The van der Waals surface area contributed by atoms with Gasteiger partial charge in [-0.1, -0.05) is 31.1 Å². The van der Waals surface area contributed by atoms with Crippen LogP contribution in [0.4, 0.5) is 5.13 Å². The lowest BCUT2D eigenvalue weighted by Crippen LogP contribution is -2.11. The number of aromatic nitrogens is 2. The molecule has 6 heteroatoms. The normalized spacial score (nSPS) is 13.7. The molecule has 1 fully saturated rings. The van der Waals surface area contributed by atoms with E-state index < -0.39 is 0 Å². The summed E-state index contributed by atoms with van der Waals surface area (Å²) >= 11 is 1.45. The summed E-state index contributed by atoms with van der Waals surface area (Å²) in [6.07, 6.45) is 6.94. The first-order valence-corrected chi connectivity index (χ1v) is 9.43. The second kappa shape index (κ2) is 8.24. The number of nitrogens with one attached hydrogen (secondary N) is 1. The van der Waals surface area contributed by atoms with Crippen molar-refractivity contribution in [1.29, 1.82) is 0 Å². The maximum absolute atomic E-state index is 12.3. The largest absolute Gasteiger partial charge is 0.493 e. The summed E-state index contributed by atoms with van der Waals surface area (Å²) < 4.78 is 5.68. The third-order valence-electron chi connectivity index (χ3n) is 3.98. The Balaban J connectivity index is 1.50. The van der Waals surface area contributed by atoms with E-state index in [1.807, 2.05) is 12.1 Å². The van der Waals surface area contributed by atoms with Gasteiger partial charge in [0.1, 0.15) is 10.8 Å². The Morgan fingerprint density at radius 3 is 2.75 bits per heavy atom. The van der Waals surface area contributed by atoms with Crippen LogP contribution in [-0.4, -0.2) is 22.7 Å². The quantitative estimate of drug-likeness (QED) is 0.688. The SMILES string of the molecule is CCCCCc1nnc(NC(=O)c2ccc(OCC3CC3)cc2)s1. The minimum Gasteiger partial charge on any atom is -0.493 e. The second-order valence-corrected chi connectivity index (χ2v) is 7.25. The van der Waals surface area contributed by atoms with Crippen molar-refractivity contribution in [3.63, 3.8) is 0 Å². The molecule has 1 saturated carbocycles. The molecule has 128 valence electrons. The molecule has 1 aromatic heterocycles. The molecule has 1 N–H and O–H groups in total. The van der Waals surface area contributed by atoms with Crippen LogP contribution in [0.15, 0.2) is 24.3 Å². The average Bonchev–Trinajstić information content (AvgIpc) is 3.33. The van der Waals surface area contributed by atoms with Crippen molar-refractivity contribution in [2.45, 2.75) is 45.4 Å². The molecule has 0 spiro atoms. The number of unbranched alkanes of at least 4 members (excludes halogenated alkanes) is 2. The highest BCUT2D eigenvalue weighted by atomic mass is 32.1. The minimum absolute atomic E-state index is 0.167. The highest BCUT2D eigenvalue weighted by molar-refractivity contribution is 7.15. The number of amides is 1. The van der Waals surface area contributed by atoms with Crippen LogP contribution in [0.3, 0.4) is 0 Å². The zero-order valence-electron chi connectivity index (χ0n) is 14.0. The van der Waals surface area contributed by atoms with Crippen LogP contribution in [0.25, 0.3) is 0 Å². The summed E-state index contributed by atoms with van der Waals surface area (Å²) in [7, 11) is 0. The predicted molar refractivity (Wildman–Crippen MR) is 95.8 cm³/mol. The highest BCUT2D eigenvalue weighted by Crippen LogP contribution is 2.29. The van der Waals surface area contributed by atoms with Crippen LogP contribution in [0.5, 0.6) is 5.75 Å². The van der Waals surface area contributed by atoms with Gasteiger partial charge in [0.25, 0.3) is 5.91 Å². The first kappa shape index (κ1) is 16.9. The first-order chi connectivity index (χ1) is 11.7. The molecule has 0 bridgehead atoms. The van der Waals surface area contributed by atoms with Crippen molar-refractivity contribution < 1.29 is 9.53 Å². The minimum atomic E-state index is -0.167. The molecule has 0 aliphatic heterocycles. The van der Waals surface area contributed by atoms with Crippen molar-refractivity contribution in [2.75, 3.05) is 11.9 Å². The Kier molecular flexibility index (Phi) is 5.80. The molecule has 1 aliphatic rings. The van der Waals surface area contributed by atoms with E-state index >= 15 is 0 Å². The molecule has 0 saturated heterocycles. The number of carbonyl (C=O) groups excluding carboxylic acids is 1. The summed E-state index contributed by atoms with van der Waals surface area (Å²) in [4.78, 5) is 12.3. The molecule has 1 amide bonds. The zero-order chi connectivity index (χ0) is 16.8. The lowest BCUT2D eigenvalue weighted by molar-refractivity contribution is 0.102. The number of hydrogen-bond donors (Lipinski definition) is 1. The van der Waals surface area contributed by atoms with Gasteiger partial charge in [0.15, 0.2) is 0 Å². The van der Waals surface area contributed by atoms with Gasteiger partial charge in [0, 0.05) is 12.0 Å². The van der Waals surface area contributed by atoms with E-state index in [2.05, 4.69) is 22.4 Å². The fraction of sp³-hybridized carbons (Fsp3) is 0.500. The van der Waals surface area contributed by atoms with Gasteiger partial charge in [-0.2, -0.15) is 0 Å². The molecule has 1 aliphatic carbocycles. The third-order valence-corrected chi connectivity index (χ3v) is 4.88. The molecular formula is C18H23N3O2S. The van der Waals surface area contributed by atoms with E-state index in [0.29, 0.717) is 10.7 Å². The van der Waals surface area contributed by atoms with Gasteiger partial charge in [-0.15, -0.1) is 10.2 Å². The van der Waals surface area contributed by atoms with Crippen molar-refractivity contribution in [3.05, 3.63) is 34.8 Å². The van der Waals surface area contributed by atoms with Crippen molar-refractivity contribution in [1.82, 2.24) is 10.2 Å². The lowest BCUT2D eigenvalue weighted by atomic mass is 10.2. The molecule has 0 unspecified atom stereocenters. The van der Waals surface area contributed by atoms with Crippen LogP contribution in [0.2, 0.25) is 0 Å². The van der Waals surface area contributed by atoms with Crippen molar-refractivity contribution in [3.8, 4) is 5.75 Å². The number of rotatable bonds is 9. The predicted octanol–water partition coefficient (Wildman–Crippen LogP) is 4.31. The number of aryl methyl sites for hydroxylation is 1. The zero-order valence-corrected chi connectivity index (χ0v) is 14.8. The van der Waals surface area contributed by atoms with E-state index in [9.17, 15) is 4.79 Å². The topological polar surface area (TPSA) is 64.1 Å². The highest BCUT2D eigenvalue weighted by Gasteiger charge is 2.21. The molecule has 0 radical (unpaired) electrons. The van der Waals surface area contributed by atoms with Crippen LogP contribution in [0.1, 0.15) is 54.4 Å². The van der Waals surface area contributed by atoms with Gasteiger partial charge in [0.05, 0.1) is 6.61 Å². The number of benzene rings is 1. The van der Waals surface area contributed by atoms with E-state index in [-0.39, 0.29) is 5.91 Å². The maximum Gasteiger partial charge on any atom is 0.257 e. The molecular weight excluding hydrogens is 322 g/mol. The average molecular weight is 345 g/mol. The van der Waals surface area contributed by atoms with Gasteiger partial charge < -0.3 is 4.74 Å². The molecule has 24 heavy (non-hydrogen) atoms. The third kappa shape index (κ3) is 5.03. The van der Waals surface area contributed by atoms with Crippen LogP contribution >= 0.6 is 11.3 Å². The summed E-state index contributed by atoms with van der Waals surface area (Å²) in [5, 5.41) is 12.5. The van der Waals surface area contributed by atoms with E-state index in [1.165, 1.54) is 37.0 Å². The summed E-state index contributed by atoms with van der Waals surface area (Å²) in [5.74, 6) is 1.37. The van der Waals surface area contributed by atoms with Gasteiger partial charge in [-0.25, -0.2) is 0 Å². The monoisotopic (exact) mass is 345 g/mol. The smallest absolute Gasteiger partial charge is 0.257 e. The molecule has 1 aromatic carbocycles. The van der Waals surface area contributed by atoms with Crippen LogP contribution in [-0.2, 0) is 6.42 Å². The van der Waals surface area contributed by atoms with Crippen molar-refractivity contribution in [2.24, 2.45) is 5.92 Å². The number of anilines is 1.